The molecule has 0 spiro atoms. The number of anilines is 1. The number of hydrogen-bond acceptors (Lipinski definition) is 5. The first-order valence-electron chi connectivity index (χ1n) is 8.75. The molecule has 1 aliphatic rings. The van der Waals surface area contributed by atoms with Gasteiger partial charge in [0.05, 0.1) is 18.4 Å². The number of nitrogens with one attached hydrogen (secondary N) is 2. The van der Waals surface area contributed by atoms with Crippen molar-refractivity contribution in [3.8, 4) is 0 Å². The maximum Gasteiger partial charge on any atom is 0.337 e. The van der Waals surface area contributed by atoms with Crippen molar-refractivity contribution in [3.05, 3.63) is 29.6 Å². The van der Waals surface area contributed by atoms with Gasteiger partial charge in [-0.3, -0.25) is 0 Å². The fourth-order valence-electron chi connectivity index (χ4n) is 2.77. The lowest BCUT2D eigenvalue weighted by molar-refractivity contribution is 0.0600. The summed E-state index contributed by atoms with van der Waals surface area (Å²) in [6.07, 6.45) is 0.807. The topological polar surface area (TPSA) is 73.9 Å². The zero-order valence-electron chi connectivity index (χ0n) is 15.5. The Hall–Kier alpha value is -2.19. The van der Waals surface area contributed by atoms with Gasteiger partial charge in [0.2, 0.25) is 0 Å². The molecule has 1 atom stereocenters. The van der Waals surface area contributed by atoms with Gasteiger partial charge < -0.3 is 25.2 Å². The molecule has 144 valence electrons. The van der Waals surface area contributed by atoms with E-state index in [4.69, 9.17) is 0 Å². The summed E-state index contributed by atoms with van der Waals surface area (Å²) in [6.45, 7) is 6.98. The number of methoxy groups -OCH3 is 1. The SMILES string of the molecule is COC(=O)c1ccc(F)c(NC(=O)N[C@@H](C)CCN2CCN(C)CC2)c1. The fraction of sp³-hybridized carbons (Fsp3) is 0.556. The summed E-state index contributed by atoms with van der Waals surface area (Å²) in [5.74, 6) is -1.20. The minimum absolute atomic E-state index is 0.0542. The Bertz CT molecular complexity index is 633. The molecule has 0 aromatic heterocycles. The Kier molecular flexibility index (Phi) is 7.35. The van der Waals surface area contributed by atoms with Gasteiger partial charge in [-0.25, -0.2) is 14.0 Å². The van der Waals surface area contributed by atoms with E-state index in [0.29, 0.717) is 0 Å². The van der Waals surface area contributed by atoms with Crippen LogP contribution in [0.1, 0.15) is 23.7 Å². The molecule has 1 aliphatic heterocycles. The molecule has 0 unspecified atom stereocenters. The lowest BCUT2D eigenvalue weighted by Gasteiger charge is -2.32. The number of esters is 1. The van der Waals surface area contributed by atoms with E-state index >= 15 is 0 Å². The van der Waals surface area contributed by atoms with Crippen molar-refractivity contribution in [1.29, 1.82) is 0 Å². The monoisotopic (exact) mass is 366 g/mol. The summed E-state index contributed by atoms with van der Waals surface area (Å²) >= 11 is 0. The third-order valence-electron chi connectivity index (χ3n) is 4.49. The number of hydrogen-bond donors (Lipinski definition) is 2. The molecule has 0 aliphatic carbocycles. The Labute approximate surface area is 153 Å². The average molecular weight is 366 g/mol. The normalized spacial score (nSPS) is 16.8. The van der Waals surface area contributed by atoms with Gasteiger partial charge in [-0.15, -0.1) is 0 Å². The average Bonchev–Trinajstić information content (AvgIpc) is 2.62. The number of rotatable bonds is 6. The Morgan fingerprint density at radius 3 is 2.62 bits per heavy atom. The second kappa shape index (κ2) is 9.49. The van der Waals surface area contributed by atoms with Crippen LogP contribution in [0.4, 0.5) is 14.9 Å². The van der Waals surface area contributed by atoms with Crippen LogP contribution in [0.3, 0.4) is 0 Å². The molecule has 8 heteroatoms. The van der Waals surface area contributed by atoms with E-state index in [1.165, 1.54) is 19.2 Å². The van der Waals surface area contributed by atoms with E-state index in [9.17, 15) is 14.0 Å². The number of carbonyl (C=O) groups excluding carboxylic acids is 2. The van der Waals surface area contributed by atoms with E-state index < -0.39 is 17.8 Å². The van der Waals surface area contributed by atoms with Crippen molar-refractivity contribution in [3.63, 3.8) is 0 Å². The third-order valence-corrected chi connectivity index (χ3v) is 4.49. The lowest BCUT2D eigenvalue weighted by Crippen LogP contribution is -2.46. The minimum atomic E-state index is -0.613. The molecule has 1 aromatic carbocycles. The second-order valence-electron chi connectivity index (χ2n) is 6.62. The molecule has 0 radical (unpaired) electrons. The number of amides is 2. The van der Waals surface area contributed by atoms with Crippen LogP contribution >= 0.6 is 0 Å². The molecule has 26 heavy (non-hydrogen) atoms. The maximum absolute atomic E-state index is 13.9. The first-order valence-corrected chi connectivity index (χ1v) is 8.75. The number of nitrogens with zero attached hydrogens (tertiary/aromatic N) is 2. The van der Waals surface area contributed by atoms with Crippen molar-refractivity contribution < 1.29 is 18.7 Å². The maximum atomic E-state index is 13.9. The van der Waals surface area contributed by atoms with Crippen LogP contribution in [-0.2, 0) is 4.74 Å². The number of ether oxygens (including phenoxy) is 1. The summed E-state index contributed by atoms with van der Waals surface area (Å²) in [4.78, 5) is 28.3. The predicted octanol–water partition coefficient (Wildman–Crippen LogP) is 1.76. The van der Waals surface area contributed by atoms with Crippen LogP contribution in [0, 0.1) is 5.82 Å². The van der Waals surface area contributed by atoms with E-state index in [2.05, 4.69) is 32.2 Å². The number of benzene rings is 1. The van der Waals surface area contributed by atoms with Crippen LogP contribution in [0.25, 0.3) is 0 Å². The number of carbonyl (C=O) groups is 2. The van der Waals surface area contributed by atoms with Crippen molar-refractivity contribution in [1.82, 2.24) is 15.1 Å². The van der Waals surface area contributed by atoms with Gasteiger partial charge in [-0.1, -0.05) is 0 Å². The molecular weight excluding hydrogens is 339 g/mol. The molecule has 1 fully saturated rings. The summed E-state index contributed by atoms with van der Waals surface area (Å²) in [6, 6.07) is 3.13. The Morgan fingerprint density at radius 2 is 1.96 bits per heavy atom. The van der Waals surface area contributed by atoms with Gasteiger partial charge in [-0.2, -0.15) is 0 Å². The van der Waals surface area contributed by atoms with Crippen molar-refractivity contribution in [2.24, 2.45) is 0 Å². The lowest BCUT2D eigenvalue weighted by atomic mass is 10.2. The molecular formula is C18H27FN4O3. The van der Waals surface area contributed by atoms with Gasteiger partial charge in [0.1, 0.15) is 5.82 Å². The first kappa shape index (κ1) is 20.1. The van der Waals surface area contributed by atoms with Crippen LogP contribution in [0.2, 0.25) is 0 Å². The summed E-state index contributed by atoms with van der Waals surface area (Å²) in [7, 11) is 3.35. The molecule has 1 saturated heterocycles. The quantitative estimate of drug-likeness (QED) is 0.751. The van der Waals surface area contributed by atoms with Crippen molar-refractivity contribution in [2.75, 3.05) is 52.2 Å². The van der Waals surface area contributed by atoms with Crippen molar-refractivity contribution in [2.45, 2.75) is 19.4 Å². The largest absolute Gasteiger partial charge is 0.465 e. The molecule has 2 rings (SSSR count). The van der Waals surface area contributed by atoms with E-state index in [0.717, 1.165) is 45.2 Å². The minimum Gasteiger partial charge on any atom is -0.465 e. The van der Waals surface area contributed by atoms with Crippen LogP contribution in [0.5, 0.6) is 0 Å². The molecule has 2 N–H and O–H groups in total. The van der Waals surface area contributed by atoms with E-state index in [-0.39, 0.29) is 17.3 Å². The number of urea groups is 1. The van der Waals surface area contributed by atoms with Crippen LogP contribution in [0.15, 0.2) is 18.2 Å². The van der Waals surface area contributed by atoms with Gasteiger partial charge in [0.25, 0.3) is 0 Å². The predicted molar refractivity (Wildman–Crippen MR) is 97.9 cm³/mol. The Balaban J connectivity index is 1.81. The highest BCUT2D eigenvalue weighted by Crippen LogP contribution is 2.17. The molecule has 1 heterocycles. The van der Waals surface area contributed by atoms with Crippen LogP contribution in [-0.4, -0.2) is 74.7 Å². The highest BCUT2D eigenvalue weighted by atomic mass is 19.1. The van der Waals surface area contributed by atoms with Gasteiger partial charge in [0.15, 0.2) is 0 Å². The summed E-state index contributed by atoms with van der Waals surface area (Å²) in [5, 5.41) is 5.25. The highest BCUT2D eigenvalue weighted by Gasteiger charge is 2.16. The van der Waals surface area contributed by atoms with Crippen molar-refractivity contribution >= 4 is 17.7 Å². The second-order valence-corrected chi connectivity index (χ2v) is 6.62. The third kappa shape index (κ3) is 5.96. The highest BCUT2D eigenvalue weighted by molar-refractivity contribution is 5.94. The smallest absolute Gasteiger partial charge is 0.337 e. The van der Waals surface area contributed by atoms with Gasteiger partial charge in [0, 0.05) is 38.8 Å². The first-order chi connectivity index (χ1) is 12.4. The fourth-order valence-corrected chi connectivity index (χ4v) is 2.77. The van der Waals surface area contributed by atoms with Gasteiger partial charge in [-0.05, 0) is 38.6 Å². The zero-order chi connectivity index (χ0) is 19.1. The van der Waals surface area contributed by atoms with E-state index in [1.54, 1.807) is 0 Å². The molecule has 1 aromatic rings. The zero-order valence-corrected chi connectivity index (χ0v) is 15.5. The van der Waals surface area contributed by atoms with Gasteiger partial charge >= 0.3 is 12.0 Å². The number of halogens is 1. The number of likely N-dealkylation sites (N-methyl/N-ethyl adjacent to an activating group) is 1. The van der Waals surface area contributed by atoms with E-state index in [1.807, 2.05) is 6.92 Å². The number of piperazine rings is 1. The molecule has 2 amide bonds. The molecule has 0 bridgehead atoms. The molecule has 7 nitrogen and oxygen atoms in total. The summed E-state index contributed by atoms with van der Waals surface area (Å²) in [5.41, 5.74) is 0.115. The molecule has 0 saturated carbocycles. The summed E-state index contributed by atoms with van der Waals surface area (Å²) < 4.78 is 18.5. The Morgan fingerprint density at radius 1 is 1.27 bits per heavy atom. The van der Waals surface area contributed by atoms with Crippen LogP contribution < -0.4 is 10.6 Å². The standard InChI is InChI=1S/C18H27FN4O3/c1-13(6-7-23-10-8-22(2)9-11-23)20-18(25)21-16-12-14(17(24)26-3)4-5-15(16)19/h4-5,12-13H,6-11H2,1-3H3,(H2,20,21,25)/t13-/m0/s1.